The lowest BCUT2D eigenvalue weighted by molar-refractivity contribution is -0.138. The van der Waals surface area contributed by atoms with Crippen LogP contribution in [-0.2, 0) is 4.79 Å². The van der Waals surface area contributed by atoms with Gasteiger partial charge in [-0.2, -0.15) is 0 Å². The van der Waals surface area contributed by atoms with Crippen molar-refractivity contribution in [3.05, 3.63) is 23.9 Å². The lowest BCUT2D eigenvalue weighted by Gasteiger charge is -2.36. The predicted molar refractivity (Wildman–Crippen MR) is 91.0 cm³/mol. The number of pyridine rings is 1. The molecule has 0 unspecified atom stereocenters. The standard InChI is InChI=1S/C18H29N3O/c1-14-6-9-19-16(12-14)21-10-7-15(8-11-21)13-20(5)17(22)18(2,3)4/h6,9,12,15H,7-8,10-11,13H2,1-5H3. The molecular formula is C18H29N3O. The number of aromatic nitrogens is 1. The fourth-order valence-corrected chi connectivity index (χ4v) is 3.08. The highest BCUT2D eigenvalue weighted by Gasteiger charge is 2.28. The van der Waals surface area contributed by atoms with E-state index in [1.54, 1.807) is 0 Å². The number of piperidine rings is 1. The Morgan fingerprint density at radius 3 is 2.55 bits per heavy atom. The zero-order valence-electron chi connectivity index (χ0n) is 14.6. The van der Waals surface area contributed by atoms with Crippen molar-refractivity contribution >= 4 is 11.7 Å². The molecule has 1 aromatic heterocycles. The number of carbonyl (C=O) groups is 1. The van der Waals surface area contributed by atoms with Gasteiger partial charge in [0.15, 0.2) is 0 Å². The molecule has 0 aliphatic carbocycles. The van der Waals surface area contributed by atoms with Crippen LogP contribution in [0.5, 0.6) is 0 Å². The van der Waals surface area contributed by atoms with Crippen LogP contribution in [0.15, 0.2) is 18.3 Å². The van der Waals surface area contributed by atoms with E-state index in [1.165, 1.54) is 5.56 Å². The number of nitrogens with zero attached hydrogens (tertiary/aromatic N) is 3. The number of aryl methyl sites for hydroxylation is 1. The molecule has 22 heavy (non-hydrogen) atoms. The minimum atomic E-state index is -0.291. The lowest BCUT2D eigenvalue weighted by Crippen LogP contribution is -2.42. The maximum atomic E-state index is 12.3. The van der Waals surface area contributed by atoms with Crippen LogP contribution in [0.2, 0.25) is 0 Å². The van der Waals surface area contributed by atoms with E-state index in [0.717, 1.165) is 38.3 Å². The summed E-state index contributed by atoms with van der Waals surface area (Å²) in [5.74, 6) is 1.91. The van der Waals surface area contributed by atoms with E-state index in [1.807, 2.05) is 45.0 Å². The first-order chi connectivity index (χ1) is 10.3. The highest BCUT2D eigenvalue weighted by molar-refractivity contribution is 5.81. The minimum absolute atomic E-state index is 0.232. The molecule has 0 aromatic carbocycles. The molecule has 4 nitrogen and oxygen atoms in total. The molecule has 0 N–H and O–H groups in total. The van der Waals surface area contributed by atoms with Crippen LogP contribution in [0.25, 0.3) is 0 Å². The summed E-state index contributed by atoms with van der Waals surface area (Å²) in [5.41, 5.74) is 0.962. The summed E-state index contributed by atoms with van der Waals surface area (Å²) in [4.78, 5) is 21.0. The fraction of sp³-hybridized carbons (Fsp3) is 0.667. The fourth-order valence-electron chi connectivity index (χ4n) is 3.08. The van der Waals surface area contributed by atoms with Crippen molar-refractivity contribution in [1.29, 1.82) is 0 Å². The maximum absolute atomic E-state index is 12.3. The monoisotopic (exact) mass is 303 g/mol. The molecule has 0 atom stereocenters. The average Bonchev–Trinajstić information content (AvgIpc) is 2.46. The normalized spacial score (nSPS) is 16.7. The second kappa shape index (κ2) is 6.67. The molecule has 122 valence electrons. The van der Waals surface area contributed by atoms with Crippen LogP contribution >= 0.6 is 0 Å². The smallest absolute Gasteiger partial charge is 0.227 e. The van der Waals surface area contributed by atoms with E-state index in [-0.39, 0.29) is 11.3 Å². The number of anilines is 1. The van der Waals surface area contributed by atoms with Gasteiger partial charge in [0, 0.05) is 38.3 Å². The van der Waals surface area contributed by atoms with E-state index in [0.29, 0.717) is 5.92 Å². The van der Waals surface area contributed by atoms with Gasteiger partial charge in [-0.15, -0.1) is 0 Å². The largest absolute Gasteiger partial charge is 0.357 e. The molecule has 1 amide bonds. The Labute approximate surface area is 134 Å². The Balaban J connectivity index is 1.86. The van der Waals surface area contributed by atoms with E-state index in [2.05, 4.69) is 22.9 Å². The Morgan fingerprint density at radius 2 is 2.00 bits per heavy atom. The molecule has 2 rings (SSSR count). The molecule has 1 aliphatic rings. The van der Waals surface area contributed by atoms with Gasteiger partial charge in [-0.25, -0.2) is 4.98 Å². The lowest BCUT2D eigenvalue weighted by atomic mass is 9.92. The van der Waals surface area contributed by atoms with Crippen molar-refractivity contribution in [2.45, 2.75) is 40.5 Å². The van der Waals surface area contributed by atoms with Crippen LogP contribution in [0, 0.1) is 18.3 Å². The van der Waals surface area contributed by atoms with Crippen LogP contribution in [-0.4, -0.2) is 42.5 Å². The predicted octanol–water partition coefficient (Wildman–Crippen LogP) is 3.11. The Kier molecular flexibility index (Phi) is 5.09. The molecule has 1 aromatic rings. The maximum Gasteiger partial charge on any atom is 0.227 e. The quantitative estimate of drug-likeness (QED) is 0.861. The third-order valence-electron chi connectivity index (χ3n) is 4.36. The zero-order valence-corrected chi connectivity index (χ0v) is 14.6. The van der Waals surface area contributed by atoms with Crippen LogP contribution in [0.4, 0.5) is 5.82 Å². The summed E-state index contributed by atoms with van der Waals surface area (Å²) in [6.07, 6.45) is 4.13. The van der Waals surface area contributed by atoms with Gasteiger partial charge >= 0.3 is 0 Å². The van der Waals surface area contributed by atoms with Gasteiger partial charge in [-0.3, -0.25) is 4.79 Å². The second-order valence-corrected chi connectivity index (χ2v) is 7.56. The van der Waals surface area contributed by atoms with Crippen LogP contribution in [0.1, 0.15) is 39.2 Å². The number of hydrogen-bond acceptors (Lipinski definition) is 3. The SMILES string of the molecule is Cc1ccnc(N2CCC(CN(C)C(=O)C(C)(C)C)CC2)c1. The Hall–Kier alpha value is -1.58. The van der Waals surface area contributed by atoms with Gasteiger partial charge in [0.2, 0.25) is 5.91 Å². The molecular weight excluding hydrogens is 274 g/mol. The summed E-state index contributed by atoms with van der Waals surface area (Å²) < 4.78 is 0. The highest BCUT2D eigenvalue weighted by atomic mass is 16.2. The van der Waals surface area contributed by atoms with Crippen molar-refractivity contribution in [1.82, 2.24) is 9.88 Å². The van der Waals surface area contributed by atoms with Gasteiger partial charge < -0.3 is 9.80 Å². The summed E-state index contributed by atoms with van der Waals surface area (Å²) in [7, 11) is 1.93. The topological polar surface area (TPSA) is 36.4 Å². The summed E-state index contributed by atoms with van der Waals surface area (Å²) in [6, 6.07) is 4.18. The number of amides is 1. The van der Waals surface area contributed by atoms with Gasteiger partial charge in [0.1, 0.15) is 5.82 Å². The molecule has 0 spiro atoms. The van der Waals surface area contributed by atoms with Gasteiger partial charge in [0.25, 0.3) is 0 Å². The molecule has 0 saturated carbocycles. The first kappa shape index (κ1) is 16.8. The van der Waals surface area contributed by atoms with Crippen molar-refractivity contribution in [3.63, 3.8) is 0 Å². The van der Waals surface area contributed by atoms with E-state index in [4.69, 9.17) is 0 Å². The molecule has 0 bridgehead atoms. The number of rotatable bonds is 3. The first-order valence-corrected chi connectivity index (χ1v) is 8.20. The molecule has 4 heteroatoms. The minimum Gasteiger partial charge on any atom is -0.357 e. The van der Waals surface area contributed by atoms with Gasteiger partial charge in [-0.1, -0.05) is 20.8 Å². The Bertz CT molecular complexity index is 513. The third-order valence-corrected chi connectivity index (χ3v) is 4.36. The number of carbonyl (C=O) groups excluding carboxylic acids is 1. The second-order valence-electron chi connectivity index (χ2n) is 7.56. The molecule has 0 radical (unpaired) electrons. The van der Waals surface area contributed by atoms with Crippen LogP contribution in [0.3, 0.4) is 0 Å². The third kappa shape index (κ3) is 4.21. The van der Waals surface area contributed by atoms with Crippen molar-refractivity contribution in [2.24, 2.45) is 11.3 Å². The molecule has 1 fully saturated rings. The van der Waals surface area contributed by atoms with Crippen molar-refractivity contribution < 1.29 is 4.79 Å². The first-order valence-electron chi connectivity index (χ1n) is 8.20. The average molecular weight is 303 g/mol. The van der Waals surface area contributed by atoms with E-state index >= 15 is 0 Å². The van der Waals surface area contributed by atoms with Crippen molar-refractivity contribution in [2.75, 3.05) is 31.6 Å². The molecule has 1 aliphatic heterocycles. The summed E-state index contributed by atoms with van der Waals surface area (Å²) in [6.45, 7) is 11.0. The number of hydrogen-bond donors (Lipinski definition) is 0. The Morgan fingerprint density at radius 1 is 1.36 bits per heavy atom. The van der Waals surface area contributed by atoms with E-state index < -0.39 is 0 Å². The van der Waals surface area contributed by atoms with E-state index in [9.17, 15) is 4.79 Å². The molecule has 1 saturated heterocycles. The molecule has 2 heterocycles. The zero-order chi connectivity index (χ0) is 16.3. The summed E-state index contributed by atoms with van der Waals surface area (Å²) in [5, 5.41) is 0. The van der Waals surface area contributed by atoms with Gasteiger partial charge in [0.05, 0.1) is 0 Å². The highest BCUT2D eigenvalue weighted by Crippen LogP contribution is 2.24. The van der Waals surface area contributed by atoms with Crippen molar-refractivity contribution in [3.8, 4) is 0 Å². The van der Waals surface area contributed by atoms with Gasteiger partial charge in [-0.05, 0) is 43.4 Å². The summed E-state index contributed by atoms with van der Waals surface area (Å²) >= 11 is 0. The van der Waals surface area contributed by atoms with Crippen LogP contribution < -0.4 is 4.90 Å².